The minimum atomic E-state index is -0.400. The molecular formula is C11H9BrClFN2. The molecule has 0 aliphatic rings. The minimum absolute atomic E-state index is 0.0538. The number of aromatic nitrogens is 2. The van der Waals surface area contributed by atoms with Gasteiger partial charge in [0.15, 0.2) is 0 Å². The summed E-state index contributed by atoms with van der Waals surface area (Å²) < 4.78 is 13.2. The predicted octanol–water partition coefficient (Wildman–Crippen LogP) is 3.88. The van der Waals surface area contributed by atoms with Crippen molar-refractivity contribution in [3.63, 3.8) is 0 Å². The van der Waals surface area contributed by atoms with Gasteiger partial charge in [-0.05, 0) is 11.6 Å². The molecule has 2 nitrogen and oxygen atoms in total. The number of hydrogen-bond acceptors (Lipinski definition) is 1. The molecule has 0 aliphatic heterocycles. The standard InChI is InChI=1S/C11H9BrClFN2/c12-8(6-10-15-4-5-16-10)7-2-1-3-9(14)11(7)13/h1-5,8H,6H2,(H,15,16). The molecule has 2 aromatic rings. The van der Waals surface area contributed by atoms with E-state index in [4.69, 9.17) is 11.6 Å². The summed E-state index contributed by atoms with van der Waals surface area (Å²) in [4.78, 5) is 7.05. The lowest BCUT2D eigenvalue weighted by Crippen LogP contribution is -1.99. The highest BCUT2D eigenvalue weighted by Crippen LogP contribution is 2.32. The number of benzene rings is 1. The van der Waals surface area contributed by atoms with Gasteiger partial charge < -0.3 is 4.98 Å². The van der Waals surface area contributed by atoms with E-state index in [1.807, 2.05) is 0 Å². The zero-order valence-corrected chi connectivity index (χ0v) is 10.6. The molecule has 5 heteroatoms. The first-order valence-corrected chi connectivity index (χ1v) is 6.04. The Hall–Kier alpha value is -0.870. The molecule has 0 aliphatic carbocycles. The van der Waals surface area contributed by atoms with Crippen LogP contribution in [-0.2, 0) is 6.42 Å². The van der Waals surface area contributed by atoms with Crippen LogP contribution in [0.4, 0.5) is 4.39 Å². The van der Waals surface area contributed by atoms with Crippen LogP contribution in [0.3, 0.4) is 0 Å². The van der Waals surface area contributed by atoms with Gasteiger partial charge in [0, 0.05) is 23.6 Å². The fourth-order valence-corrected chi connectivity index (χ4v) is 2.53. The Morgan fingerprint density at radius 1 is 1.50 bits per heavy atom. The van der Waals surface area contributed by atoms with E-state index in [2.05, 4.69) is 25.9 Å². The van der Waals surface area contributed by atoms with Crippen molar-refractivity contribution in [2.24, 2.45) is 0 Å². The van der Waals surface area contributed by atoms with Crippen molar-refractivity contribution in [1.82, 2.24) is 9.97 Å². The Morgan fingerprint density at radius 3 is 3.00 bits per heavy atom. The van der Waals surface area contributed by atoms with Gasteiger partial charge in [-0.3, -0.25) is 0 Å². The molecule has 2 rings (SSSR count). The van der Waals surface area contributed by atoms with Crippen LogP contribution in [0.5, 0.6) is 0 Å². The zero-order valence-electron chi connectivity index (χ0n) is 8.25. The summed E-state index contributed by atoms with van der Waals surface area (Å²) in [5, 5.41) is 0.163. The zero-order chi connectivity index (χ0) is 11.5. The highest BCUT2D eigenvalue weighted by molar-refractivity contribution is 9.09. The Morgan fingerprint density at radius 2 is 2.31 bits per heavy atom. The van der Waals surface area contributed by atoms with Gasteiger partial charge in [0.2, 0.25) is 0 Å². The third-order valence-electron chi connectivity index (χ3n) is 2.25. The van der Waals surface area contributed by atoms with Gasteiger partial charge in [-0.25, -0.2) is 9.37 Å². The molecule has 0 amide bonds. The third kappa shape index (κ3) is 2.44. The van der Waals surface area contributed by atoms with Crippen molar-refractivity contribution in [2.75, 3.05) is 0 Å². The fraction of sp³-hybridized carbons (Fsp3) is 0.182. The molecule has 0 saturated heterocycles. The van der Waals surface area contributed by atoms with Crippen LogP contribution in [0.1, 0.15) is 16.2 Å². The minimum Gasteiger partial charge on any atom is -0.349 e. The van der Waals surface area contributed by atoms with Gasteiger partial charge >= 0.3 is 0 Å². The summed E-state index contributed by atoms with van der Waals surface area (Å²) in [6, 6.07) is 4.79. The normalized spacial score (nSPS) is 12.7. The monoisotopic (exact) mass is 302 g/mol. The lowest BCUT2D eigenvalue weighted by molar-refractivity contribution is 0.625. The summed E-state index contributed by atoms with van der Waals surface area (Å²) in [6.07, 6.45) is 4.07. The molecule has 16 heavy (non-hydrogen) atoms. The van der Waals surface area contributed by atoms with Gasteiger partial charge in [0.05, 0.1) is 5.02 Å². The molecule has 0 spiro atoms. The topological polar surface area (TPSA) is 28.7 Å². The van der Waals surface area contributed by atoms with Gasteiger partial charge in [0.1, 0.15) is 11.6 Å². The first-order valence-electron chi connectivity index (χ1n) is 4.74. The van der Waals surface area contributed by atoms with Crippen molar-refractivity contribution in [3.05, 3.63) is 52.8 Å². The van der Waals surface area contributed by atoms with Gasteiger partial charge in [0.25, 0.3) is 0 Å². The molecule has 0 bridgehead atoms. The van der Waals surface area contributed by atoms with Gasteiger partial charge in [-0.15, -0.1) is 0 Å². The van der Waals surface area contributed by atoms with E-state index in [-0.39, 0.29) is 9.85 Å². The molecule has 0 radical (unpaired) electrons. The number of H-pyrrole nitrogens is 1. The summed E-state index contributed by atoms with van der Waals surface area (Å²) in [6.45, 7) is 0. The van der Waals surface area contributed by atoms with Gasteiger partial charge in [-0.2, -0.15) is 0 Å². The first kappa shape index (κ1) is 11.6. The number of nitrogens with one attached hydrogen (secondary N) is 1. The second kappa shape index (κ2) is 4.97. The largest absolute Gasteiger partial charge is 0.349 e. The van der Waals surface area contributed by atoms with Crippen molar-refractivity contribution in [1.29, 1.82) is 0 Å². The van der Waals surface area contributed by atoms with E-state index < -0.39 is 5.82 Å². The molecular weight excluding hydrogens is 294 g/mol. The van der Waals surface area contributed by atoms with E-state index in [1.54, 1.807) is 24.5 Å². The Labute approximate surface area is 106 Å². The molecule has 1 heterocycles. The molecule has 1 N–H and O–H groups in total. The second-order valence-corrected chi connectivity index (χ2v) is 4.83. The van der Waals surface area contributed by atoms with Crippen molar-refractivity contribution in [2.45, 2.75) is 11.2 Å². The summed E-state index contributed by atoms with van der Waals surface area (Å²) in [5.41, 5.74) is 0.734. The molecule has 1 atom stereocenters. The predicted molar refractivity (Wildman–Crippen MR) is 65.4 cm³/mol. The van der Waals surface area contributed by atoms with Crippen LogP contribution >= 0.6 is 27.5 Å². The number of alkyl halides is 1. The Balaban J connectivity index is 2.21. The van der Waals surface area contributed by atoms with E-state index >= 15 is 0 Å². The highest BCUT2D eigenvalue weighted by atomic mass is 79.9. The lowest BCUT2D eigenvalue weighted by Gasteiger charge is -2.10. The van der Waals surface area contributed by atoms with Crippen molar-refractivity contribution >= 4 is 27.5 Å². The average Bonchev–Trinajstić information content (AvgIpc) is 2.74. The summed E-state index contributed by atoms with van der Waals surface area (Å²) in [7, 11) is 0. The second-order valence-electron chi connectivity index (χ2n) is 3.35. The van der Waals surface area contributed by atoms with Crippen LogP contribution in [0.2, 0.25) is 5.02 Å². The summed E-state index contributed by atoms with van der Waals surface area (Å²) >= 11 is 9.37. The lowest BCUT2D eigenvalue weighted by atomic mass is 10.1. The third-order valence-corrected chi connectivity index (χ3v) is 3.46. The molecule has 84 valence electrons. The first-order chi connectivity index (χ1) is 7.68. The summed E-state index contributed by atoms with van der Waals surface area (Å²) in [5.74, 6) is 0.435. The number of halogens is 3. The molecule has 0 saturated carbocycles. The molecule has 1 aromatic carbocycles. The Bertz CT molecular complexity index is 473. The average molecular weight is 304 g/mol. The van der Waals surface area contributed by atoms with Crippen molar-refractivity contribution < 1.29 is 4.39 Å². The van der Waals surface area contributed by atoms with Crippen LogP contribution in [0.25, 0.3) is 0 Å². The van der Waals surface area contributed by atoms with Crippen LogP contribution in [-0.4, -0.2) is 9.97 Å². The van der Waals surface area contributed by atoms with E-state index in [1.165, 1.54) is 6.07 Å². The maximum absolute atomic E-state index is 13.2. The maximum atomic E-state index is 13.2. The van der Waals surface area contributed by atoms with Crippen LogP contribution in [0.15, 0.2) is 30.6 Å². The quantitative estimate of drug-likeness (QED) is 0.857. The SMILES string of the molecule is Fc1cccc(C(Br)Cc2ncc[nH]2)c1Cl. The van der Waals surface area contributed by atoms with E-state index in [0.29, 0.717) is 6.42 Å². The van der Waals surface area contributed by atoms with Crippen molar-refractivity contribution in [3.8, 4) is 0 Å². The van der Waals surface area contributed by atoms with Gasteiger partial charge in [-0.1, -0.05) is 39.7 Å². The Kier molecular flexibility index (Phi) is 3.61. The number of rotatable bonds is 3. The number of hydrogen-bond donors (Lipinski definition) is 1. The smallest absolute Gasteiger partial charge is 0.142 e. The van der Waals surface area contributed by atoms with E-state index in [9.17, 15) is 4.39 Å². The van der Waals surface area contributed by atoms with Crippen LogP contribution < -0.4 is 0 Å². The maximum Gasteiger partial charge on any atom is 0.142 e. The highest BCUT2D eigenvalue weighted by Gasteiger charge is 2.15. The molecule has 0 fully saturated rings. The molecule has 1 aromatic heterocycles. The molecule has 1 unspecified atom stereocenters. The number of nitrogens with zero attached hydrogens (tertiary/aromatic N) is 1. The number of aromatic amines is 1. The fourth-order valence-electron chi connectivity index (χ4n) is 1.45. The van der Waals surface area contributed by atoms with E-state index in [0.717, 1.165) is 11.4 Å². The van der Waals surface area contributed by atoms with Crippen LogP contribution in [0, 0.1) is 5.82 Å². The number of imidazole rings is 1.